The summed E-state index contributed by atoms with van der Waals surface area (Å²) in [6.07, 6.45) is 2.42. The lowest BCUT2D eigenvalue weighted by Crippen LogP contribution is -2.43. The maximum atomic E-state index is 13.7. The van der Waals surface area contributed by atoms with Gasteiger partial charge in [0, 0.05) is 24.7 Å². The first kappa shape index (κ1) is 12.5. The number of nitrogens with one attached hydrogen (secondary N) is 1. The van der Waals surface area contributed by atoms with Crippen LogP contribution in [0.5, 0.6) is 0 Å². The highest BCUT2D eigenvalue weighted by molar-refractivity contribution is 5.24. The van der Waals surface area contributed by atoms with E-state index in [0.29, 0.717) is 12.6 Å². The molecule has 0 aromatic heterocycles. The Kier molecular flexibility index (Phi) is 4.13. The summed E-state index contributed by atoms with van der Waals surface area (Å²) in [6.45, 7) is 4.83. The van der Waals surface area contributed by atoms with Crippen molar-refractivity contribution in [3.05, 3.63) is 35.1 Å². The van der Waals surface area contributed by atoms with Crippen molar-refractivity contribution in [3.8, 4) is 0 Å². The van der Waals surface area contributed by atoms with Crippen LogP contribution in [0, 0.1) is 12.7 Å². The Labute approximate surface area is 103 Å². The quantitative estimate of drug-likeness (QED) is 0.866. The van der Waals surface area contributed by atoms with E-state index in [9.17, 15) is 4.39 Å². The summed E-state index contributed by atoms with van der Waals surface area (Å²) in [4.78, 5) is 2.25. The topological polar surface area (TPSA) is 15.3 Å². The van der Waals surface area contributed by atoms with Gasteiger partial charge >= 0.3 is 0 Å². The third-order valence-corrected chi connectivity index (χ3v) is 3.52. The average Bonchev–Trinajstić information content (AvgIpc) is 2.35. The minimum atomic E-state index is -0.0915. The zero-order chi connectivity index (χ0) is 12.3. The highest BCUT2D eigenvalue weighted by Crippen LogP contribution is 2.16. The van der Waals surface area contributed by atoms with E-state index in [1.807, 2.05) is 19.1 Å². The molecule has 0 radical (unpaired) electrons. The van der Waals surface area contributed by atoms with E-state index < -0.39 is 0 Å². The van der Waals surface area contributed by atoms with Crippen LogP contribution in [0.3, 0.4) is 0 Å². The Hall–Kier alpha value is -0.930. The fraction of sp³-hybridized carbons (Fsp3) is 0.571. The van der Waals surface area contributed by atoms with Crippen molar-refractivity contribution in [2.24, 2.45) is 0 Å². The second-order valence-electron chi connectivity index (χ2n) is 5.01. The second kappa shape index (κ2) is 5.61. The van der Waals surface area contributed by atoms with Crippen molar-refractivity contribution in [1.82, 2.24) is 10.2 Å². The number of hydrogen-bond donors (Lipinski definition) is 1. The molecule has 0 aliphatic carbocycles. The molecule has 1 aliphatic heterocycles. The molecule has 0 saturated carbocycles. The lowest BCUT2D eigenvalue weighted by Gasteiger charge is -2.31. The molecule has 1 fully saturated rings. The van der Waals surface area contributed by atoms with Gasteiger partial charge in [-0.2, -0.15) is 0 Å². The fourth-order valence-corrected chi connectivity index (χ4v) is 2.43. The Morgan fingerprint density at radius 2 is 2.29 bits per heavy atom. The lowest BCUT2D eigenvalue weighted by molar-refractivity contribution is 0.194. The first-order chi connectivity index (χ1) is 8.16. The first-order valence-electron chi connectivity index (χ1n) is 6.33. The van der Waals surface area contributed by atoms with Crippen molar-refractivity contribution in [2.75, 3.05) is 20.1 Å². The summed E-state index contributed by atoms with van der Waals surface area (Å²) in [7, 11) is 2.08. The molecule has 0 bridgehead atoms. The zero-order valence-electron chi connectivity index (χ0n) is 10.7. The van der Waals surface area contributed by atoms with Crippen LogP contribution in [0.15, 0.2) is 18.2 Å². The summed E-state index contributed by atoms with van der Waals surface area (Å²) in [5.74, 6) is -0.0915. The molecule has 3 heteroatoms. The van der Waals surface area contributed by atoms with Gasteiger partial charge < -0.3 is 5.32 Å². The van der Waals surface area contributed by atoms with Crippen molar-refractivity contribution in [1.29, 1.82) is 0 Å². The van der Waals surface area contributed by atoms with Gasteiger partial charge in [-0.15, -0.1) is 0 Å². The predicted octanol–water partition coefficient (Wildman–Crippen LogP) is 2.32. The molecule has 2 nitrogen and oxygen atoms in total. The van der Waals surface area contributed by atoms with E-state index in [4.69, 9.17) is 0 Å². The number of halogens is 1. The average molecular weight is 236 g/mol. The third kappa shape index (κ3) is 3.27. The highest BCUT2D eigenvalue weighted by atomic mass is 19.1. The van der Waals surface area contributed by atoms with E-state index in [-0.39, 0.29) is 5.82 Å². The van der Waals surface area contributed by atoms with Crippen molar-refractivity contribution in [3.63, 3.8) is 0 Å². The second-order valence-corrected chi connectivity index (χ2v) is 5.01. The summed E-state index contributed by atoms with van der Waals surface area (Å²) in [5, 5.41) is 3.39. The van der Waals surface area contributed by atoms with Gasteiger partial charge in [0.15, 0.2) is 0 Å². The smallest absolute Gasteiger partial charge is 0.127 e. The van der Waals surface area contributed by atoms with E-state index in [0.717, 1.165) is 24.2 Å². The standard InChI is InChI=1S/C14H21FN2/c1-11-5-6-14(15)12(8-11)10-17(2)13-4-3-7-16-9-13/h5-6,8,13,16H,3-4,7,9-10H2,1-2H3. The van der Waals surface area contributed by atoms with Crippen LogP contribution in [-0.2, 0) is 6.54 Å². The van der Waals surface area contributed by atoms with Gasteiger partial charge in [-0.1, -0.05) is 17.7 Å². The van der Waals surface area contributed by atoms with Crippen molar-refractivity contribution in [2.45, 2.75) is 32.4 Å². The Balaban J connectivity index is 2.01. The summed E-state index contributed by atoms with van der Waals surface area (Å²) in [5.41, 5.74) is 1.93. The van der Waals surface area contributed by atoms with E-state index in [2.05, 4.69) is 17.3 Å². The molecule has 1 saturated heterocycles. The van der Waals surface area contributed by atoms with Gasteiger partial charge in [0.2, 0.25) is 0 Å². The fourth-order valence-electron chi connectivity index (χ4n) is 2.43. The molecule has 1 aromatic rings. The molecule has 2 rings (SSSR count). The molecule has 1 N–H and O–H groups in total. The van der Waals surface area contributed by atoms with E-state index >= 15 is 0 Å². The Morgan fingerprint density at radius 3 is 3.00 bits per heavy atom. The van der Waals surface area contributed by atoms with Crippen molar-refractivity contribution >= 4 is 0 Å². The van der Waals surface area contributed by atoms with E-state index in [1.165, 1.54) is 12.8 Å². The van der Waals surface area contributed by atoms with Gasteiger partial charge in [0.05, 0.1) is 0 Å². The minimum Gasteiger partial charge on any atom is -0.315 e. The molecule has 1 aliphatic rings. The van der Waals surface area contributed by atoms with Crippen LogP contribution in [0.25, 0.3) is 0 Å². The molecule has 1 atom stereocenters. The highest BCUT2D eigenvalue weighted by Gasteiger charge is 2.18. The van der Waals surface area contributed by atoms with Gasteiger partial charge in [-0.3, -0.25) is 4.90 Å². The number of piperidine rings is 1. The SMILES string of the molecule is Cc1ccc(F)c(CN(C)C2CCCNC2)c1. The maximum Gasteiger partial charge on any atom is 0.127 e. The molecular weight excluding hydrogens is 215 g/mol. The molecule has 94 valence electrons. The normalized spacial score (nSPS) is 20.8. The predicted molar refractivity (Wildman–Crippen MR) is 68.5 cm³/mol. The molecule has 1 aromatic carbocycles. The molecule has 1 unspecified atom stereocenters. The summed E-state index contributed by atoms with van der Waals surface area (Å²) in [6, 6.07) is 5.87. The van der Waals surface area contributed by atoms with Crippen LogP contribution in [-0.4, -0.2) is 31.1 Å². The summed E-state index contributed by atoms with van der Waals surface area (Å²) >= 11 is 0. The number of hydrogen-bond acceptors (Lipinski definition) is 2. The van der Waals surface area contributed by atoms with Gasteiger partial charge in [0.1, 0.15) is 5.82 Å². The van der Waals surface area contributed by atoms with Crippen LogP contribution < -0.4 is 5.32 Å². The third-order valence-electron chi connectivity index (χ3n) is 3.52. The van der Waals surface area contributed by atoms with Gasteiger partial charge in [-0.25, -0.2) is 4.39 Å². The number of rotatable bonds is 3. The monoisotopic (exact) mass is 236 g/mol. The Bertz CT molecular complexity index is 372. The molecule has 17 heavy (non-hydrogen) atoms. The first-order valence-corrected chi connectivity index (χ1v) is 6.33. The zero-order valence-corrected chi connectivity index (χ0v) is 10.7. The van der Waals surface area contributed by atoms with Gasteiger partial charge in [0.25, 0.3) is 0 Å². The summed E-state index contributed by atoms with van der Waals surface area (Å²) < 4.78 is 13.7. The van der Waals surface area contributed by atoms with E-state index in [1.54, 1.807) is 6.07 Å². The molecule has 1 heterocycles. The van der Waals surface area contributed by atoms with Crippen LogP contribution in [0.4, 0.5) is 4.39 Å². The minimum absolute atomic E-state index is 0.0915. The molecule has 0 spiro atoms. The number of nitrogens with zero attached hydrogens (tertiary/aromatic N) is 1. The van der Waals surface area contributed by atoms with Crippen molar-refractivity contribution < 1.29 is 4.39 Å². The largest absolute Gasteiger partial charge is 0.315 e. The molecular formula is C14H21FN2. The van der Waals surface area contributed by atoms with Gasteiger partial charge in [-0.05, 0) is 39.4 Å². The number of aryl methyl sites for hydroxylation is 1. The van der Waals surface area contributed by atoms with Crippen LogP contribution in [0.2, 0.25) is 0 Å². The maximum absolute atomic E-state index is 13.7. The Morgan fingerprint density at radius 1 is 1.47 bits per heavy atom. The van der Waals surface area contributed by atoms with Crippen LogP contribution >= 0.6 is 0 Å². The lowest BCUT2D eigenvalue weighted by atomic mass is 10.0. The number of likely N-dealkylation sites (N-methyl/N-ethyl adjacent to an activating group) is 1. The molecule has 0 amide bonds. The number of benzene rings is 1. The van der Waals surface area contributed by atoms with Crippen LogP contribution in [0.1, 0.15) is 24.0 Å².